The average molecular weight is 463 g/mol. The summed E-state index contributed by atoms with van der Waals surface area (Å²) >= 11 is 1.56. The van der Waals surface area contributed by atoms with Crippen LogP contribution in [-0.2, 0) is 11.3 Å². The summed E-state index contributed by atoms with van der Waals surface area (Å²) in [4.78, 5) is 31.0. The number of carbonyl (C=O) groups is 1. The van der Waals surface area contributed by atoms with Gasteiger partial charge in [0, 0.05) is 22.2 Å². The van der Waals surface area contributed by atoms with Gasteiger partial charge in [-0.05, 0) is 52.3 Å². The first-order valence-electron chi connectivity index (χ1n) is 10.7. The van der Waals surface area contributed by atoms with Crippen molar-refractivity contribution in [3.63, 3.8) is 0 Å². The van der Waals surface area contributed by atoms with Gasteiger partial charge < -0.3 is 5.32 Å². The van der Waals surface area contributed by atoms with Crippen molar-refractivity contribution in [3.8, 4) is 16.4 Å². The van der Waals surface area contributed by atoms with Crippen LogP contribution in [0, 0.1) is 27.7 Å². The third kappa shape index (κ3) is 4.63. The van der Waals surface area contributed by atoms with Crippen molar-refractivity contribution in [3.05, 3.63) is 80.3 Å². The lowest BCUT2D eigenvalue weighted by molar-refractivity contribution is -0.124. The summed E-state index contributed by atoms with van der Waals surface area (Å²) in [6.07, 6.45) is 0. The monoisotopic (exact) mass is 462 g/mol. The van der Waals surface area contributed by atoms with Gasteiger partial charge in [-0.3, -0.25) is 9.59 Å². The number of aryl methyl sites for hydroxylation is 4. The molecule has 0 aliphatic rings. The Morgan fingerprint density at radius 1 is 1.09 bits per heavy atom. The molecule has 1 N–H and O–H groups in total. The van der Waals surface area contributed by atoms with E-state index in [2.05, 4.69) is 33.5 Å². The summed E-state index contributed by atoms with van der Waals surface area (Å²) < 4.78 is 2.85. The zero-order valence-corrected chi connectivity index (χ0v) is 20.1. The van der Waals surface area contributed by atoms with E-state index >= 15 is 0 Å². The van der Waals surface area contributed by atoms with Gasteiger partial charge in [-0.25, -0.2) is 14.3 Å². The molecule has 3 heterocycles. The van der Waals surface area contributed by atoms with Gasteiger partial charge in [0.25, 0.3) is 5.56 Å². The summed E-state index contributed by atoms with van der Waals surface area (Å²) in [5.41, 5.74) is 4.53. The molecule has 9 heteroatoms. The highest BCUT2D eigenvalue weighted by molar-refractivity contribution is 7.15. The number of rotatable bonds is 6. The van der Waals surface area contributed by atoms with Gasteiger partial charge in [-0.1, -0.05) is 24.3 Å². The minimum atomic E-state index is -0.779. The van der Waals surface area contributed by atoms with Crippen LogP contribution in [0.4, 0.5) is 0 Å². The molecule has 1 atom stereocenters. The first kappa shape index (κ1) is 22.6. The van der Waals surface area contributed by atoms with E-state index in [1.807, 2.05) is 45.0 Å². The van der Waals surface area contributed by atoms with Gasteiger partial charge in [-0.15, -0.1) is 16.4 Å². The molecular formula is C24H26N6O2S. The molecule has 1 unspecified atom stereocenters. The van der Waals surface area contributed by atoms with Crippen molar-refractivity contribution in [1.29, 1.82) is 0 Å². The highest BCUT2D eigenvalue weighted by Crippen LogP contribution is 2.30. The zero-order chi connectivity index (χ0) is 23.7. The van der Waals surface area contributed by atoms with E-state index in [-0.39, 0.29) is 11.5 Å². The van der Waals surface area contributed by atoms with E-state index in [0.717, 1.165) is 38.1 Å². The van der Waals surface area contributed by atoms with Crippen molar-refractivity contribution >= 4 is 17.2 Å². The van der Waals surface area contributed by atoms with Crippen LogP contribution in [0.15, 0.2) is 47.3 Å². The Balaban J connectivity index is 1.51. The predicted molar refractivity (Wildman–Crippen MR) is 129 cm³/mol. The maximum Gasteiger partial charge on any atom is 0.267 e. The van der Waals surface area contributed by atoms with Crippen LogP contribution in [-0.4, -0.2) is 30.5 Å². The third-order valence-corrected chi connectivity index (χ3v) is 6.67. The molecule has 0 bridgehead atoms. The smallest absolute Gasteiger partial charge is 0.267 e. The highest BCUT2D eigenvalue weighted by atomic mass is 32.1. The molecule has 170 valence electrons. The summed E-state index contributed by atoms with van der Waals surface area (Å²) in [5, 5.41) is 12.7. The Kier molecular flexibility index (Phi) is 6.24. The Bertz CT molecular complexity index is 1380. The largest absolute Gasteiger partial charge is 0.349 e. The summed E-state index contributed by atoms with van der Waals surface area (Å²) in [5.74, 6) is 0.196. The average Bonchev–Trinajstić information content (AvgIpc) is 3.33. The molecule has 1 aromatic carbocycles. The first-order chi connectivity index (χ1) is 15.7. The lowest BCUT2D eigenvalue weighted by Gasteiger charge is -2.15. The molecule has 4 aromatic rings. The molecule has 0 saturated carbocycles. The number of hydrogen-bond donors (Lipinski definition) is 1. The molecule has 0 aliphatic heterocycles. The molecule has 4 rings (SSSR count). The fraction of sp³-hybridized carbons (Fsp3) is 0.292. The van der Waals surface area contributed by atoms with Crippen LogP contribution >= 0.6 is 11.3 Å². The van der Waals surface area contributed by atoms with E-state index in [0.29, 0.717) is 12.4 Å². The van der Waals surface area contributed by atoms with Gasteiger partial charge in [0.1, 0.15) is 11.0 Å². The Morgan fingerprint density at radius 2 is 1.85 bits per heavy atom. The van der Waals surface area contributed by atoms with Gasteiger partial charge in [0.05, 0.1) is 17.9 Å². The molecule has 1 amide bonds. The molecule has 0 fully saturated rings. The van der Waals surface area contributed by atoms with Crippen LogP contribution in [0.5, 0.6) is 0 Å². The quantitative estimate of drug-likeness (QED) is 0.472. The van der Waals surface area contributed by atoms with Crippen molar-refractivity contribution < 1.29 is 4.79 Å². The molecule has 0 saturated heterocycles. The second-order valence-corrected chi connectivity index (χ2v) is 9.13. The molecule has 0 radical (unpaired) electrons. The maximum absolute atomic E-state index is 12.9. The van der Waals surface area contributed by atoms with Crippen molar-refractivity contribution in [2.24, 2.45) is 0 Å². The fourth-order valence-corrected chi connectivity index (χ4v) is 4.71. The summed E-state index contributed by atoms with van der Waals surface area (Å²) in [7, 11) is 0. The van der Waals surface area contributed by atoms with E-state index in [9.17, 15) is 9.59 Å². The number of nitrogens with zero attached hydrogens (tertiary/aromatic N) is 5. The van der Waals surface area contributed by atoms with Crippen molar-refractivity contribution in [2.45, 2.75) is 47.2 Å². The number of amides is 1. The number of aromatic nitrogens is 5. The standard InChI is InChI=1S/C24H26N6O2S/c1-14-8-6-7-9-19(14)24-26-17(4)20(33-24)13-25-23(32)18(5)30-22(31)11-10-21(28-30)29-16(3)12-15(2)27-29/h6-12,18H,13H2,1-5H3,(H,25,32). The van der Waals surface area contributed by atoms with Gasteiger partial charge in [0.2, 0.25) is 5.91 Å². The first-order valence-corrected chi connectivity index (χ1v) is 11.5. The van der Waals surface area contributed by atoms with Crippen LogP contribution in [0.25, 0.3) is 16.4 Å². The van der Waals surface area contributed by atoms with Crippen LogP contribution in [0.3, 0.4) is 0 Å². The SMILES string of the molecule is Cc1cc(C)n(-c2ccc(=O)n(C(C)C(=O)NCc3sc(-c4ccccc4C)nc3C)n2)n1. The molecule has 0 spiro atoms. The lowest BCUT2D eigenvalue weighted by atomic mass is 10.1. The van der Waals surface area contributed by atoms with Crippen molar-refractivity contribution in [1.82, 2.24) is 29.9 Å². The molecule has 3 aromatic heterocycles. The van der Waals surface area contributed by atoms with E-state index in [4.69, 9.17) is 0 Å². The van der Waals surface area contributed by atoms with Gasteiger partial charge >= 0.3 is 0 Å². The number of nitrogens with one attached hydrogen (secondary N) is 1. The molecule has 33 heavy (non-hydrogen) atoms. The number of hydrogen-bond acceptors (Lipinski definition) is 6. The maximum atomic E-state index is 12.9. The van der Waals surface area contributed by atoms with Gasteiger partial charge in [0.15, 0.2) is 5.82 Å². The number of benzene rings is 1. The molecular weight excluding hydrogens is 436 g/mol. The van der Waals surface area contributed by atoms with Gasteiger partial charge in [-0.2, -0.15) is 5.10 Å². The Labute approximate surface area is 195 Å². The fourth-order valence-electron chi connectivity index (χ4n) is 3.61. The lowest BCUT2D eigenvalue weighted by Crippen LogP contribution is -2.37. The number of carbonyl (C=O) groups excluding carboxylic acids is 1. The molecule has 8 nitrogen and oxygen atoms in total. The van der Waals surface area contributed by atoms with Crippen molar-refractivity contribution in [2.75, 3.05) is 0 Å². The second kappa shape index (κ2) is 9.11. The third-order valence-electron chi connectivity index (χ3n) is 5.48. The molecule has 0 aliphatic carbocycles. The normalized spacial score (nSPS) is 12.0. The number of thiazole rings is 1. The minimum absolute atomic E-state index is 0.291. The van der Waals surface area contributed by atoms with Crippen LogP contribution in [0.1, 0.15) is 40.5 Å². The topological polar surface area (TPSA) is 94.7 Å². The highest BCUT2D eigenvalue weighted by Gasteiger charge is 2.20. The second-order valence-electron chi connectivity index (χ2n) is 8.05. The zero-order valence-electron chi connectivity index (χ0n) is 19.3. The minimum Gasteiger partial charge on any atom is -0.349 e. The summed E-state index contributed by atoms with van der Waals surface area (Å²) in [6.45, 7) is 9.79. The summed E-state index contributed by atoms with van der Waals surface area (Å²) in [6, 6.07) is 12.3. The van der Waals surface area contributed by atoms with E-state index in [1.165, 1.54) is 10.7 Å². The van der Waals surface area contributed by atoms with Crippen LogP contribution < -0.4 is 10.9 Å². The van der Waals surface area contributed by atoms with Crippen LogP contribution in [0.2, 0.25) is 0 Å². The Hall–Kier alpha value is -3.59. The predicted octanol–water partition coefficient (Wildman–Crippen LogP) is 3.66. The van der Waals surface area contributed by atoms with E-state index in [1.54, 1.807) is 29.0 Å². The van der Waals surface area contributed by atoms with E-state index < -0.39 is 6.04 Å². The Morgan fingerprint density at radius 3 is 2.55 bits per heavy atom.